The number of hydrogen-bond acceptors (Lipinski definition) is 2. The fourth-order valence-corrected chi connectivity index (χ4v) is 2.17. The van der Waals surface area contributed by atoms with Gasteiger partial charge in [0.05, 0.1) is 6.20 Å². The van der Waals surface area contributed by atoms with E-state index in [1.54, 1.807) is 6.20 Å². The molecule has 0 atom stereocenters. The van der Waals surface area contributed by atoms with E-state index in [4.69, 9.17) is 0 Å². The van der Waals surface area contributed by atoms with E-state index in [9.17, 15) is 0 Å². The first-order chi connectivity index (χ1) is 9.81. The average molecular weight is 326 g/mol. The Bertz CT molecular complexity index is 698. The molecule has 4 heteroatoms. The Morgan fingerprint density at radius 2 is 1.50 bits per heavy atom. The molecule has 1 N–H and O–H groups in total. The summed E-state index contributed by atoms with van der Waals surface area (Å²) in [7, 11) is 0. The molecule has 2 aromatic carbocycles. The fourth-order valence-electron chi connectivity index (χ4n) is 1.90. The number of nitrogens with one attached hydrogen (secondary N) is 1. The molecule has 1 heterocycles. The molecule has 0 unspecified atom stereocenters. The molecule has 3 nitrogen and oxygen atoms in total. The lowest BCUT2D eigenvalue weighted by atomic mass is 10.0. The van der Waals surface area contributed by atoms with E-state index in [0.717, 1.165) is 15.7 Å². The minimum absolute atomic E-state index is 0.821. The molecule has 0 saturated carbocycles. The van der Waals surface area contributed by atoms with Gasteiger partial charge in [-0.1, -0.05) is 58.4 Å². The quantitative estimate of drug-likeness (QED) is 0.775. The Balaban J connectivity index is 1.79. The van der Waals surface area contributed by atoms with Crippen molar-refractivity contribution in [3.63, 3.8) is 0 Å². The minimum Gasteiger partial charge on any atom is -0.197 e. The molecule has 0 amide bonds. The SMILES string of the molecule is Brc1ccc(-c2ccc(C=Cc3cn[nH]n3)cc2)cc1. The second-order valence-corrected chi connectivity index (χ2v) is 5.27. The summed E-state index contributed by atoms with van der Waals surface area (Å²) in [5.41, 5.74) is 4.37. The summed E-state index contributed by atoms with van der Waals surface area (Å²) in [5.74, 6) is 0. The van der Waals surface area contributed by atoms with Crippen LogP contribution in [-0.4, -0.2) is 15.4 Å². The third-order valence-corrected chi connectivity index (χ3v) is 3.50. The molecular formula is C16H12BrN3. The number of nitrogens with zero attached hydrogens (tertiary/aromatic N) is 2. The molecule has 0 aliphatic heterocycles. The number of halogens is 1. The van der Waals surface area contributed by atoms with Crippen LogP contribution in [0.3, 0.4) is 0 Å². The smallest absolute Gasteiger partial charge is 0.105 e. The summed E-state index contributed by atoms with van der Waals surface area (Å²) in [6, 6.07) is 16.7. The number of aromatic nitrogens is 3. The molecule has 3 rings (SSSR count). The minimum atomic E-state index is 0.821. The van der Waals surface area contributed by atoms with Gasteiger partial charge in [0.25, 0.3) is 0 Å². The van der Waals surface area contributed by atoms with Crippen LogP contribution in [0.15, 0.2) is 59.2 Å². The topological polar surface area (TPSA) is 41.6 Å². The van der Waals surface area contributed by atoms with Crippen LogP contribution in [0.5, 0.6) is 0 Å². The number of H-pyrrole nitrogens is 1. The summed E-state index contributed by atoms with van der Waals surface area (Å²) in [6.07, 6.45) is 5.63. The summed E-state index contributed by atoms with van der Waals surface area (Å²) >= 11 is 3.45. The number of aromatic amines is 1. The maximum Gasteiger partial charge on any atom is 0.105 e. The Kier molecular flexibility index (Phi) is 3.74. The monoisotopic (exact) mass is 325 g/mol. The van der Waals surface area contributed by atoms with Crippen molar-refractivity contribution in [2.24, 2.45) is 0 Å². The van der Waals surface area contributed by atoms with Crippen molar-refractivity contribution in [1.82, 2.24) is 15.4 Å². The van der Waals surface area contributed by atoms with E-state index >= 15 is 0 Å². The van der Waals surface area contributed by atoms with Gasteiger partial charge in [-0.15, -0.1) is 0 Å². The van der Waals surface area contributed by atoms with Gasteiger partial charge in [-0.3, -0.25) is 0 Å². The van der Waals surface area contributed by atoms with Gasteiger partial charge in [-0.2, -0.15) is 15.4 Å². The van der Waals surface area contributed by atoms with E-state index in [2.05, 4.69) is 67.7 Å². The van der Waals surface area contributed by atoms with Crippen LogP contribution >= 0.6 is 15.9 Å². The highest BCUT2D eigenvalue weighted by atomic mass is 79.9. The van der Waals surface area contributed by atoms with Gasteiger partial charge in [0, 0.05) is 4.47 Å². The lowest BCUT2D eigenvalue weighted by molar-refractivity contribution is 0.937. The van der Waals surface area contributed by atoms with Crippen LogP contribution in [0.1, 0.15) is 11.3 Å². The van der Waals surface area contributed by atoms with Crippen LogP contribution in [-0.2, 0) is 0 Å². The molecule has 0 aliphatic rings. The van der Waals surface area contributed by atoms with E-state index in [1.807, 2.05) is 24.3 Å². The van der Waals surface area contributed by atoms with Gasteiger partial charge in [0.2, 0.25) is 0 Å². The van der Waals surface area contributed by atoms with Crippen LogP contribution in [0, 0.1) is 0 Å². The fraction of sp³-hybridized carbons (Fsp3) is 0. The second kappa shape index (κ2) is 5.84. The van der Waals surface area contributed by atoms with Crippen molar-refractivity contribution in [1.29, 1.82) is 0 Å². The summed E-state index contributed by atoms with van der Waals surface area (Å²) < 4.78 is 1.09. The van der Waals surface area contributed by atoms with E-state index < -0.39 is 0 Å². The third kappa shape index (κ3) is 3.03. The van der Waals surface area contributed by atoms with E-state index in [-0.39, 0.29) is 0 Å². The lowest BCUT2D eigenvalue weighted by Crippen LogP contribution is -1.78. The largest absolute Gasteiger partial charge is 0.197 e. The van der Waals surface area contributed by atoms with Crippen molar-refractivity contribution >= 4 is 28.1 Å². The third-order valence-electron chi connectivity index (χ3n) is 2.97. The predicted molar refractivity (Wildman–Crippen MR) is 84.9 cm³/mol. The highest BCUT2D eigenvalue weighted by Crippen LogP contribution is 2.22. The summed E-state index contributed by atoms with van der Waals surface area (Å²) in [5, 5.41) is 10.3. The zero-order chi connectivity index (χ0) is 13.8. The number of rotatable bonds is 3. The highest BCUT2D eigenvalue weighted by molar-refractivity contribution is 9.10. The predicted octanol–water partition coefficient (Wildman–Crippen LogP) is 4.40. The molecule has 0 aliphatic carbocycles. The van der Waals surface area contributed by atoms with Gasteiger partial charge in [-0.25, -0.2) is 0 Å². The van der Waals surface area contributed by atoms with Gasteiger partial charge >= 0.3 is 0 Å². The first-order valence-electron chi connectivity index (χ1n) is 6.21. The van der Waals surface area contributed by atoms with Gasteiger partial charge < -0.3 is 0 Å². The maximum atomic E-state index is 3.98. The highest BCUT2D eigenvalue weighted by Gasteiger charge is 1.97. The van der Waals surface area contributed by atoms with Crippen molar-refractivity contribution in [2.45, 2.75) is 0 Å². The Hall–Kier alpha value is -2.20. The van der Waals surface area contributed by atoms with Crippen LogP contribution in [0.2, 0.25) is 0 Å². The van der Waals surface area contributed by atoms with E-state index in [0.29, 0.717) is 0 Å². The van der Waals surface area contributed by atoms with Gasteiger partial charge in [0.1, 0.15) is 5.69 Å². The molecule has 3 aromatic rings. The molecule has 0 radical (unpaired) electrons. The molecule has 0 fully saturated rings. The Labute approximate surface area is 125 Å². The van der Waals surface area contributed by atoms with Crippen molar-refractivity contribution in [2.75, 3.05) is 0 Å². The van der Waals surface area contributed by atoms with Crippen LogP contribution in [0.25, 0.3) is 23.3 Å². The summed E-state index contributed by atoms with van der Waals surface area (Å²) in [6.45, 7) is 0. The average Bonchev–Trinajstić information content (AvgIpc) is 3.00. The molecule has 0 spiro atoms. The van der Waals surface area contributed by atoms with E-state index in [1.165, 1.54) is 11.1 Å². The first kappa shape index (κ1) is 12.8. The normalized spacial score (nSPS) is 11.1. The Morgan fingerprint density at radius 3 is 2.10 bits per heavy atom. The second-order valence-electron chi connectivity index (χ2n) is 4.36. The molecule has 0 bridgehead atoms. The summed E-state index contributed by atoms with van der Waals surface area (Å²) in [4.78, 5) is 0. The van der Waals surface area contributed by atoms with Crippen molar-refractivity contribution in [3.8, 4) is 11.1 Å². The molecule has 20 heavy (non-hydrogen) atoms. The zero-order valence-electron chi connectivity index (χ0n) is 10.6. The van der Waals surface area contributed by atoms with Crippen LogP contribution < -0.4 is 0 Å². The lowest BCUT2D eigenvalue weighted by Gasteiger charge is -2.02. The van der Waals surface area contributed by atoms with Crippen molar-refractivity contribution < 1.29 is 0 Å². The number of benzene rings is 2. The standard InChI is InChI=1S/C16H12BrN3/c17-15-8-6-14(7-9-15)13-4-1-12(2-5-13)3-10-16-11-18-20-19-16/h1-11H,(H,18,19,20). The van der Waals surface area contributed by atoms with Crippen molar-refractivity contribution in [3.05, 3.63) is 70.5 Å². The number of hydrogen-bond donors (Lipinski definition) is 1. The van der Waals surface area contributed by atoms with Gasteiger partial charge in [-0.05, 0) is 34.9 Å². The maximum absolute atomic E-state index is 3.98. The first-order valence-corrected chi connectivity index (χ1v) is 7.00. The molecule has 0 saturated heterocycles. The molecule has 98 valence electrons. The molecular weight excluding hydrogens is 314 g/mol. The zero-order valence-corrected chi connectivity index (χ0v) is 12.2. The van der Waals surface area contributed by atoms with Crippen LogP contribution in [0.4, 0.5) is 0 Å². The Morgan fingerprint density at radius 1 is 0.850 bits per heavy atom. The molecule has 1 aromatic heterocycles. The van der Waals surface area contributed by atoms with Gasteiger partial charge in [0.15, 0.2) is 0 Å².